The van der Waals surface area contributed by atoms with E-state index in [0.717, 1.165) is 22.3 Å². The van der Waals surface area contributed by atoms with E-state index in [1.54, 1.807) is 24.8 Å². The molecule has 1 aliphatic rings. The van der Waals surface area contributed by atoms with E-state index in [1.165, 1.54) is 25.7 Å². The van der Waals surface area contributed by atoms with Gasteiger partial charge in [0.05, 0.1) is 11.7 Å². The zero-order valence-corrected chi connectivity index (χ0v) is 12.2. The Labute approximate surface area is 128 Å². The SMILES string of the molecule is c1cc(-c2nc(NC3CCCC3)c3ccncc3n2)ccn1. The van der Waals surface area contributed by atoms with Gasteiger partial charge in [-0.05, 0) is 31.0 Å². The van der Waals surface area contributed by atoms with Crippen molar-refractivity contribution in [3.63, 3.8) is 0 Å². The number of nitrogens with one attached hydrogen (secondary N) is 1. The molecule has 0 saturated heterocycles. The lowest BCUT2D eigenvalue weighted by atomic mass is 10.2. The summed E-state index contributed by atoms with van der Waals surface area (Å²) in [6, 6.07) is 6.34. The first-order valence-electron chi connectivity index (χ1n) is 7.69. The van der Waals surface area contributed by atoms with Gasteiger partial charge in [-0.3, -0.25) is 9.97 Å². The predicted octanol–water partition coefficient (Wildman–Crippen LogP) is 3.44. The number of pyridine rings is 2. The van der Waals surface area contributed by atoms with Crippen LogP contribution in [0.1, 0.15) is 25.7 Å². The molecule has 3 aromatic heterocycles. The summed E-state index contributed by atoms with van der Waals surface area (Å²) >= 11 is 0. The molecule has 22 heavy (non-hydrogen) atoms. The van der Waals surface area contributed by atoms with Crippen LogP contribution >= 0.6 is 0 Å². The molecule has 5 nitrogen and oxygen atoms in total. The number of aromatic nitrogens is 4. The third kappa shape index (κ3) is 2.50. The van der Waals surface area contributed by atoms with Gasteiger partial charge < -0.3 is 5.32 Å². The maximum Gasteiger partial charge on any atom is 0.162 e. The fourth-order valence-corrected chi connectivity index (χ4v) is 2.98. The lowest BCUT2D eigenvalue weighted by Gasteiger charge is -2.15. The number of anilines is 1. The fourth-order valence-electron chi connectivity index (χ4n) is 2.98. The molecule has 0 aromatic carbocycles. The van der Waals surface area contributed by atoms with Gasteiger partial charge >= 0.3 is 0 Å². The third-order valence-electron chi connectivity index (χ3n) is 4.13. The Morgan fingerprint density at radius 1 is 0.909 bits per heavy atom. The van der Waals surface area contributed by atoms with Crippen LogP contribution in [0.2, 0.25) is 0 Å². The Morgan fingerprint density at radius 3 is 2.50 bits per heavy atom. The van der Waals surface area contributed by atoms with E-state index in [9.17, 15) is 0 Å². The molecule has 0 radical (unpaired) electrons. The lowest BCUT2D eigenvalue weighted by molar-refractivity contribution is 0.752. The topological polar surface area (TPSA) is 63.6 Å². The zero-order chi connectivity index (χ0) is 14.8. The largest absolute Gasteiger partial charge is 0.367 e. The minimum atomic E-state index is 0.511. The highest BCUT2D eigenvalue weighted by atomic mass is 15.1. The monoisotopic (exact) mass is 291 g/mol. The second-order valence-corrected chi connectivity index (χ2v) is 5.65. The molecule has 1 fully saturated rings. The van der Waals surface area contributed by atoms with Crippen LogP contribution in [-0.2, 0) is 0 Å². The Kier molecular flexibility index (Phi) is 3.39. The van der Waals surface area contributed by atoms with Crippen LogP contribution in [0.5, 0.6) is 0 Å². The third-order valence-corrected chi connectivity index (χ3v) is 4.13. The summed E-state index contributed by atoms with van der Waals surface area (Å²) in [5, 5.41) is 4.63. The number of hydrogen-bond acceptors (Lipinski definition) is 5. The summed E-state index contributed by atoms with van der Waals surface area (Å²) < 4.78 is 0. The molecule has 110 valence electrons. The molecular weight excluding hydrogens is 274 g/mol. The Hall–Kier alpha value is -2.56. The van der Waals surface area contributed by atoms with Crippen molar-refractivity contribution in [1.29, 1.82) is 0 Å². The fraction of sp³-hybridized carbons (Fsp3) is 0.294. The molecule has 1 N–H and O–H groups in total. The number of fused-ring (bicyclic) bond motifs is 1. The molecule has 3 heterocycles. The van der Waals surface area contributed by atoms with Crippen LogP contribution < -0.4 is 5.32 Å². The number of rotatable bonds is 3. The van der Waals surface area contributed by atoms with E-state index in [2.05, 4.69) is 20.3 Å². The van der Waals surface area contributed by atoms with Crippen molar-refractivity contribution in [2.45, 2.75) is 31.7 Å². The highest BCUT2D eigenvalue weighted by Gasteiger charge is 2.17. The normalized spacial score (nSPS) is 15.3. The Morgan fingerprint density at radius 2 is 1.68 bits per heavy atom. The van der Waals surface area contributed by atoms with Crippen LogP contribution in [0.15, 0.2) is 43.0 Å². The first-order chi connectivity index (χ1) is 10.9. The van der Waals surface area contributed by atoms with Crippen LogP contribution in [0.4, 0.5) is 5.82 Å². The van der Waals surface area contributed by atoms with E-state index in [-0.39, 0.29) is 0 Å². The molecule has 4 rings (SSSR count). The van der Waals surface area contributed by atoms with Crippen molar-refractivity contribution in [3.05, 3.63) is 43.0 Å². The van der Waals surface area contributed by atoms with Crippen molar-refractivity contribution in [2.24, 2.45) is 0 Å². The first kappa shape index (κ1) is 13.1. The van der Waals surface area contributed by atoms with E-state index in [4.69, 9.17) is 4.98 Å². The van der Waals surface area contributed by atoms with Crippen LogP contribution in [-0.4, -0.2) is 26.0 Å². The van der Waals surface area contributed by atoms with Gasteiger partial charge in [0.15, 0.2) is 5.82 Å². The second-order valence-electron chi connectivity index (χ2n) is 5.65. The Balaban J connectivity index is 1.82. The van der Waals surface area contributed by atoms with E-state index < -0.39 is 0 Å². The van der Waals surface area contributed by atoms with Gasteiger partial charge in [0.25, 0.3) is 0 Å². The summed E-state index contributed by atoms with van der Waals surface area (Å²) in [5.41, 5.74) is 1.83. The van der Waals surface area contributed by atoms with Crippen molar-refractivity contribution < 1.29 is 0 Å². The summed E-state index contributed by atoms with van der Waals surface area (Å²) in [7, 11) is 0. The quantitative estimate of drug-likeness (QED) is 0.801. The highest BCUT2D eigenvalue weighted by Crippen LogP contribution is 2.27. The van der Waals surface area contributed by atoms with Crippen molar-refractivity contribution >= 4 is 16.7 Å². The smallest absolute Gasteiger partial charge is 0.162 e. The van der Waals surface area contributed by atoms with Gasteiger partial charge in [0.2, 0.25) is 0 Å². The molecule has 0 amide bonds. The predicted molar refractivity (Wildman–Crippen MR) is 86.4 cm³/mol. The van der Waals surface area contributed by atoms with E-state index >= 15 is 0 Å². The molecule has 0 atom stereocenters. The molecule has 1 saturated carbocycles. The number of nitrogens with zero attached hydrogens (tertiary/aromatic N) is 4. The van der Waals surface area contributed by atoms with Gasteiger partial charge in [-0.25, -0.2) is 9.97 Å². The molecular formula is C17H17N5. The van der Waals surface area contributed by atoms with Gasteiger partial charge in [0, 0.05) is 35.6 Å². The minimum Gasteiger partial charge on any atom is -0.367 e. The molecule has 3 aromatic rings. The summed E-state index contributed by atoms with van der Waals surface area (Å²) in [6.07, 6.45) is 12.1. The molecule has 0 unspecified atom stereocenters. The molecule has 0 spiro atoms. The van der Waals surface area contributed by atoms with Crippen LogP contribution in [0.25, 0.3) is 22.3 Å². The Bertz CT molecular complexity index is 781. The van der Waals surface area contributed by atoms with E-state index in [1.807, 2.05) is 18.2 Å². The molecule has 5 heteroatoms. The van der Waals surface area contributed by atoms with Gasteiger partial charge in [-0.15, -0.1) is 0 Å². The second kappa shape index (κ2) is 5.67. The van der Waals surface area contributed by atoms with Crippen LogP contribution in [0, 0.1) is 0 Å². The standard InChI is InChI=1S/C17H17N5/c1-2-4-13(3-1)20-17-14-7-10-19-11-15(14)21-16(22-17)12-5-8-18-9-6-12/h5-11,13H,1-4H2,(H,20,21,22). The average Bonchev–Trinajstić information content (AvgIpc) is 3.09. The first-order valence-corrected chi connectivity index (χ1v) is 7.69. The van der Waals surface area contributed by atoms with Crippen molar-refractivity contribution in [3.8, 4) is 11.4 Å². The zero-order valence-electron chi connectivity index (χ0n) is 12.2. The molecule has 0 bridgehead atoms. The summed E-state index contributed by atoms with van der Waals surface area (Å²) in [4.78, 5) is 17.6. The lowest BCUT2D eigenvalue weighted by Crippen LogP contribution is -2.16. The number of hydrogen-bond donors (Lipinski definition) is 1. The van der Waals surface area contributed by atoms with Gasteiger partial charge in [0.1, 0.15) is 5.82 Å². The van der Waals surface area contributed by atoms with Gasteiger partial charge in [-0.1, -0.05) is 12.8 Å². The summed E-state index contributed by atoms with van der Waals surface area (Å²) in [6.45, 7) is 0. The van der Waals surface area contributed by atoms with Gasteiger partial charge in [-0.2, -0.15) is 0 Å². The van der Waals surface area contributed by atoms with Crippen molar-refractivity contribution in [1.82, 2.24) is 19.9 Å². The van der Waals surface area contributed by atoms with E-state index in [0.29, 0.717) is 11.9 Å². The minimum absolute atomic E-state index is 0.511. The van der Waals surface area contributed by atoms with Crippen LogP contribution in [0.3, 0.4) is 0 Å². The molecule has 1 aliphatic carbocycles. The maximum absolute atomic E-state index is 4.76. The van der Waals surface area contributed by atoms with Crippen molar-refractivity contribution in [2.75, 3.05) is 5.32 Å². The molecule has 0 aliphatic heterocycles. The highest BCUT2D eigenvalue weighted by molar-refractivity contribution is 5.90. The summed E-state index contributed by atoms with van der Waals surface area (Å²) in [5.74, 6) is 1.62. The maximum atomic E-state index is 4.76. The average molecular weight is 291 g/mol.